The summed E-state index contributed by atoms with van der Waals surface area (Å²) in [5, 5.41) is 18.3. The van der Waals surface area contributed by atoms with E-state index in [1.807, 2.05) is 6.07 Å². The number of amides is 1. The molecule has 2 heterocycles. The number of sulfone groups is 1. The number of para-hydroxylation sites is 1. The Hall–Kier alpha value is -3.53. The minimum absolute atomic E-state index is 0.0951. The zero-order valence-corrected chi connectivity index (χ0v) is 16.1. The highest BCUT2D eigenvalue weighted by molar-refractivity contribution is 7.90. The van der Waals surface area contributed by atoms with Gasteiger partial charge in [-0.15, -0.1) is 0 Å². The summed E-state index contributed by atoms with van der Waals surface area (Å²) in [6.07, 6.45) is 0. The van der Waals surface area contributed by atoms with E-state index in [4.69, 9.17) is 0 Å². The summed E-state index contributed by atoms with van der Waals surface area (Å²) >= 11 is 0. The average molecular weight is 412 g/mol. The Morgan fingerprint density at radius 3 is 2.59 bits per heavy atom. The van der Waals surface area contributed by atoms with E-state index in [0.29, 0.717) is 22.5 Å². The highest BCUT2D eigenvalue weighted by atomic mass is 32.2. The zero-order chi connectivity index (χ0) is 20.8. The molecule has 2 aromatic carbocycles. The van der Waals surface area contributed by atoms with Gasteiger partial charge >= 0.3 is 0 Å². The van der Waals surface area contributed by atoms with Gasteiger partial charge in [-0.2, -0.15) is 5.10 Å². The van der Waals surface area contributed by atoms with Crippen molar-refractivity contribution in [1.29, 1.82) is 0 Å². The van der Waals surface area contributed by atoms with E-state index in [-0.39, 0.29) is 28.6 Å². The van der Waals surface area contributed by atoms with Gasteiger partial charge in [0.1, 0.15) is 5.82 Å². The lowest BCUT2D eigenvalue weighted by molar-refractivity contribution is -0.385. The Labute approximate surface area is 166 Å². The Morgan fingerprint density at radius 2 is 1.90 bits per heavy atom. The van der Waals surface area contributed by atoms with Gasteiger partial charge in [-0.1, -0.05) is 24.3 Å². The number of hydrogen-bond donors (Lipinski definition) is 1. The van der Waals surface area contributed by atoms with Gasteiger partial charge in [-0.3, -0.25) is 14.9 Å². The highest BCUT2D eigenvalue weighted by Crippen LogP contribution is 2.33. The van der Waals surface area contributed by atoms with Crippen molar-refractivity contribution in [2.75, 3.05) is 5.32 Å². The average Bonchev–Trinajstić information content (AvgIpc) is 3.15. The normalized spacial score (nSPS) is 14.4. The molecule has 3 aromatic rings. The molecular weight excluding hydrogens is 396 g/mol. The van der Waals surface area contributed by atoms with Crippen molar-refractivity contribution >= 4 is 27.2 Å². The summed E-state index contributed by atoms with van der Waals surface area (Å²) in [6, 6.07) is 13.2. The van der Waals surface area contributed by atoms with Crippen LogP contribution in [0.2, 0.25) is 0 Å². The van der Waals surface area contributed by atoms with E-state index in [9.17, 15) is 23.3 Å². The smallest absolute Gasteiger partial charge is 0.273 e. The number of aryl methyl sites for hydroxylation is 1. The van der Waals surface area contributed by atoms with Gasteiger partial charge in [0.25, 0.3) is 11.6 Å². The number of aromatic nitrogens is 2. The molecule has 0 saturated carbocycles. The standard InChI is InChI=1S/C19H16N4O5S/c1-12-7-8-13(9-17(12)23(25)26)19(24)20-18-15-10-29(27,28)11-16(15)21-22(18)14-5-3-2-4-6-14/h2-9H,10-11H2,1H3,(H,20,24). The summed E-state index contributed by atoms with van der Waals surface area (Å²) in [5.41, 5.74) is 1.85. The Bertz CT molecular complexity index is 1250. The van der Waals surface area contributed by atoms with Crippen LogP contribution < -0.4 is 5.32 Å². The molecule has 1 aromatic heterocycles. The van der Waals surface area contributed by atoms with Gasteiger partial charge in [0.2, 0.25) is 0 Å². The molecule has 0 unspecified atom stereocenters. The summed E-state index contributed by atoms with van der Waals surface area (Å²) in [6.45, 7) is 1.59. The molecule has 0 fully saturated rings. The molecule has 1 amide bonds. The second kappa shape index (κ2) is 6.82. The molecule has 9 nitrogen and oxygen atoms in total. The Balaban J connectivity index is 1.76. The molecule has 0 aliphatic carbocycles. The van der Waals surface area contributed by atoms with Crippen LogP contribution in [0.4, 0.5) is 11.5 Å². The molecule has 10 heteroatoms. The molecule has 0 spiro atoms. The van der Waals surface area contributed by atoms with Crippen molar-refractivity contribution in [2.24, 2.45) is 0 Å². The van der Waals surface area contributed by atoms with E-state index in [1.165, 1.54) is 22.9 Å². The fraction of sp³-hybridized carbons (Fsp3) is 0.158. The van der Waals surface area contributed by atoms with Gasteiger partial charge in [0.05, 0.1) is 27.8 Å². The molecular formula is C19H16N4O5S. The molecule has 1 aliphatic heterocycles. The third kappa shape index (κ3) is 3.49. The largest absolute Gasteiger partial charge is 0.306 e. The lowest BCUT2D eigenvalue weighted by Gasteiger charge is -2.11. The van der Waals surface area contributed by atoms with Crippen LogP contribution in [0.25, 0.3) is 5.69 Å². The van der Waals surface area contributed by atoms with Crippen LogP contribution in [0, 0.1) is 17.0 Å². The third-order valence-corrected chi connectivity index (χ3v) is 6.13. The molecule has 0 radical (unpaired) electrons. The van der Waals surface area contributed by atoms with Crippen molar-refractivity contribution < 1.29 is 18.1 Å². The summed E-state index contributed by atoms with van der Waals surface area (Å²) < 4.78 is 25.5. The van der Waals surface area contributed by atoms with E-state index in [2.05, 4.69) is 10.4 Å². The number of benzene rings is 2. The number of anilines is 1. The number of nitrogens with one attached hydrogen (secondary N) is 1. The lowest BCUT2D eigenvalue weighted by atomic mass is 10.1. The van der Waals surface area contributed by atoms with Crippen LogP contribution in [0.15, 0.2) is 48.5 Å². The molecule has 4 rings (SSSR count). The first-order chi connectivity index (χ1) is 13.7. The summed E-state index contributed by atoms with van der Waals surface area (Å²) in [5.74, 6) is -0.752. The quantitative estimate of drug-likeness (QED) is 0.519. The number of nitro groups is 1. The van der Waals surface area contributed by atoms with Crippen molar-refractivity contribution in [3.05, 3.63) is 81.0 Å². The number of nitro benzene ring substituents is 1. The van der Waals surface area contributed by atoms with Gasteiger partial charge in [0, 0.05) is 22.8 Å². The molecule has 0 atom stereocenters. The predicted octanol–water partition coefficient (Wildman–Crippen LogP) is 2.77. The van der Waals surface area contributed by atoms with E-state index < -0.39 is 20.7 Å². The maximum Gasteiger partial charge on any atom is 0.273 e. The monoisotopic (exact) mass is 412 g/mol. The first-order valence-electron chi connectivity index (χ1n) is 8.68. The topological polar surface area (TPSA) is 124 Å². The van der Waals surface area contributed by atoms with Gasteiger partial charge < -0.3 is 5.32 Å². The Kier molecular flexibility index (Phi) is 4.42. The highest BCUT2D eigenvalue weighted by Gasteiger charge is 2.33. The van der Waals surface area contributed by atoms with Crippen LogP contribution in [0.3, 0.4) is 0 Å². The summed E-state index contributed by atoms with van der Waals surface area (Å²) in [4.78, 5) is 23.4. The van der Waals surface area contributed by atoms with Gasteiger partial charge in [0.15, 0.2) is 9.84 Å². The van der Waals surface area contributed by atoms with Gasteiger partial charge in [-0.05, 0) is 25.1 Å². The third-order valence-electron chi connectivity index (χ3n) is 4.69. The fourth-order valence-electron chi connectivity index (χ4n) is 3.25. The number of carbonyl (C=O) groups is 1. The summed E-state index contributed by atoms with van der Waals surface area (Å²) in [7, 11) is -3.32. The van der Waals surface area contributed by atoms with E-state index in [1.54, 1.807) is 31.2 Å². The van der Waals surface area contributed by atoms with Crippen LogP contribution >= 0.6 is 0 Å². The van der Waals surface area contributed by atoms with Crippen LogP contribution in [0.5, 0.6) is 0 Å². The second-order valence-electron chi connectivity index (χ2n) is 6.77. The van der Waals surface area contributed by atoms with E-state index in [0.717, 1.165) is 0 Å². The van der Waals surface area contributed by atoms with E-state index >= 15 is 0 Å². The van der Waals surface area contributed by atoms with Gasteiger partial charge in [-0.25, -0.2) is 13.1 Å². The zero-order valence-electron chi connectivity index (χ0n) is 15.3. The van der Waals surface area contributed by atoms with Crippen LogP contribution in [-0.2, 0) is 21.3 Å². The van der Waals surface area contributed by atoms with Crippen molar-refractivity contribution in [3.63, 3.8) is 0 Å². The molecule has 1 N–H and O–H groups in total. The Morgan fingerprint density at radius 1 is 1.17 bits per heavy atom. The fourth-order valence-corrected chi connectivity index (χ4v) is 4.75. The molecule has 1 aliphatic rings. The van der Waals surface area contributed by atoms with Crippen molar-refractivity contribution in [2.45, 2.75) is 18.4 Å². The predicted molar refractivity (Wildman–Crippen MR) is 106 cm³/mol. The van der Waals surface area contributed by atoms with Crippen LogP contribution in [-0.4, -0.2) is 29.0 Å². The SMILES string of the molecule is Cc1ccc(C(=O)Nc2c3c(nn2-c2ccccc2)CS(=O)(=O)C3)cc1[N+](=O)[O-]. The first kappa shape index (κ1) is 18.8. The minimum Gasteiger partial charge on any atom is -0.306 e. The van der Waals surface area contributed by atoms with Crippen LogP contribution in [0.1, 0.15) is 27.2 Å². The molecule has 29 heavy (non-hydrogen) atoms. The number of carbonyl (C=O) groups excluding carboxylic acids is 1. The van der Waals surface area contributed by atoms with Crippen molar-refractivity contribution in [1.82, 2.24) is 9.78 Å². The number of rotatable bonds is 4. The van der Waals surface area contributed by atoms with Crippen molar-refractivity contribution in [3.8, 4) is 5.69 Å². The number of nitrogens with zero attached hydrogens (tertiary/aromatic N) is 3. The maximum absolute atomic E-state index is 12.8. The molecule has 0 bridgehead atoms. The maximum atomic E-state index is 12.8. The lowest BCUT2D eigenvalue weighted by Crippen LogP contribution is -2.17. The first-order valence-corrected chi connectivity index (χ1v) is 10.5. The number of fused-ring (bicyclic) bond motifs is 1. The molecule has 0 saturated heterocycles. The number of hydrogen-bond acceptors (Lipinski definition) is 6. The second-order valence-corrected chi connectivity index (χ2v) is 8.83. The minimum atomic E-state index is -3.32. The molecule has 148 valence electrons.